The third-order valence-corrected chi connectivity index (χ3v) is 1.89. The van der Waals surface area contributed by atoms with Gasteiger partial charge in [-0.2, -0.15) is 0 Å². The van der Waals surface area contributed by atoms with Gasteiger partial charge >= 0.3 is 11.9 Å². The zero-order valence-corrected chi connectivity index (χ0v) is 7.81. The fourth-order valence-electron chi connectivity index (χ4n) is 1.07. The average Bonchev–Trinajstić information content (AvgIpc) is 2.10. The molecule has 5 nitrogen and oxygen atoms in total. The first-order valence-corrected chi connectivity index (χ1v) is 4.47. The highest BCUT2D eigenvalue weighted by Crippen LogP contribution is 2.09. The molecule has 0 amide bonds. The van der Waals surface area contributed by atoms with E-state index in [9.17, 15) is 14.4 Å². The standard InChI is InChI=1S/C9H14O5/c10-6-7(9(13)14)4-2-1-3-5-8(11)12/h6-7H,1-5H2,(H,11,12)(H,13,14). The highest BCUT2D eigenvalue weighted by molar-refractivity contribution is 5.86. The lowest BCUT2D eigenvalue weighted by atomic mass is 10.0. The molecule has 0 saturated carbocycles. The number of hydrogen-bond donors (Lipinski definition) is 2. The van der Waals surface area contributed by atoms with Crippen LogP contribution in [0.2, 0.25) is 0 Å². The number of rotatable bonds is 8. The number of aliphatic carboxylic acids is 2. The SMILES string of the molecule is O=CC(CCCCCC(=O)O)C(=O)O. The van der Waals surface area contributed by atoms with Crippen LogP contribution in [0.1, 0.15) is 32.1 Å². The van der Waals surface area contributed by atoms with Crippen LogP contribution in [0, 0.1) is 5.92 Å². The van der Waals surface area contributed by atoms with Crippen LogP contribution in [0.3, 0.4) is 0 Å². The monoisotopic (exact) mass is 202 g/mol. The summed E-state index contributed by atoms with van der Waals surface area (Å²) in [6.45, 7) is 0. The molecule has 0 aromatic heterocycles. The zero-order chi connectivity index (χ0) is 11.0. The van der Waals surface area contributed by atoms with E-state index < -0.39 is 17.9 Å². The van der Waals surface area contributed by atoms with E-state index in [4.69, 9.17) is 10.2 Å². The second-order valence-corrected chi connectivity index (χ2v) is 3.07. The van der Waals surface area contributed by atoms with E-state index >= 15 is 0 Å². The zero-order valence-electron chi connectivity index (χ0n) is 7.81. The van der Waals surface area contributed by atoms with Crippen LogP contribution < -0.4 is 0 Å². The van der Waals surface area contributed by atoms with Gasteiger partial charge in [0.15, 0.2) is 0 Å². The van der Waals surface area contributed by atoms with Crippen molar-refractivity contribution in [1.82, 2.24) is 0 Å². The van der Waals surface area contributed by atoms with E-state index in [1.807, 2.05) is 0 Å². The molecule has 0 heterocycles. The fraction of sp³-hybridized carbons (Fsp3) is 0.667. The Morgan fingerprint density at radius 2 is 1.79 bits per heavy atom. The van der Waals surface area contributed by atoms with Crippen LogP contribution in [-0.4, -0.2) is 28.4 Å². The molecule has 1 atom stereocenters. The van der Waals surface area contributed by atoms with Crippen molar-refractivity contribution in [3.05, 3.63) is 0 Å². The molecule has 0 rings (SSSR count). The van der Waals surface area contributed by atoms with Crippen LogP contribution in [-0.2, 0) is 14.4 Å². The summed E-state index contributed by atoms with van der Waals surface area (Å²) < 4.78 is 0. The number of hydrogen-bond acceptors (Lipinski definition) is 3. The topological polar surface area (TPSA) is 91.7 Å². The summed E-state index contributed by atoms with van der Waals surface area (Å²) in [4.78, 5) is 30.7. The Morgan fingerprint density at radius 1 is 1.14 bits per heavy atom. The summed E-state index contributed by atoms with van der Waals surface area (Å²) in [5, 5.41) is 16.8. The summed E-state index contributed by atoms with van der Waals surface area (Å²) in [5.74, 6) is -2.91. The molecule has 0 aromatic carbocycles. The maximum absolute atomic E-state index is 10.4. The van der Waals surface area contributed by atoms with Crippen LogP contribution in [0.4, 0.5) is 0 Å². The van der Waals surface area contributed by atoms with Gasteiger partial charge in [0, 0.05) is 6.42 Å². The molecule has 2 N–H and O–H groups in total. The first kappa shape index (κ1) is 12.6. The molecule has 0 aromatic rings. The smallest absolute Gasteiger partial charge is 0.313 e. The molecule has 0 aliphatic carbocycles. The van der Waals surface area contributed by atoms with Gasteiger partial charge in [-0.15, -0.1) is 0 Å². The minimum absolute atomic E-state index is 0.0961. The fourth-order valence-corrected chi connectivity index (χ4v) is 1.07. The molecule has 0 spiro atoms. The molecule has 0 aliphatic rings. The second kappa shape index (κ2) is 7.06. The number of carbonyl (C=O) groups is 3. The van der Waals surface area contributed by atoms with Crippen molar-refractivity contribution in [2.75, 3.05) is 0 Å². The van der Waals surface area contributed by atoms with Crippen LogP contribution in [0.25, 0.3) is 0 Å². The van der Waals surface area contributed by atoms with E-state index in [0.717, 1.165) is 0 Å². The molecule has 14 heavy (non-hydrogen) atoms. The predicted octanol–water partition coefficient (Wildman–Crippen LogP) is 0.921. The van der Waals surface area contributed by atoms with Gasteiger partial charge < -0.3 is 15.0 Å². The minimum Gasteiger partial charge on any atom is -0.481 e. The predicted molar refractivity (Wildman–Crippen MR) is 47.9 cm³/mol. The molecule has 0 fully saturated rings. The van der Waals surface area contributed by atoms with Gasteiger partial charge in [-0.3, -0.25) is 9.59 Å². The van der Waals surface area contributed by atoms with E-state index in [1.54, 1.807) is 0 Å². The number of carboxylic acids is 2. The first-order chi connectivity index (χ1) is 6.57. The molecule has 80 valence electrons. The van der Waals surface area contributed by atoms with E-state index in [-0.39, 0.29) is 6.42 Å². The van der Waals surface area contributed by atoms with Crippen molar-refractivity contribution in [3.8, 4) is 0 Å². The van der Waals surface area contributed by atoms with Gasteiger partial charge in [0.1, 0.15) is 12.2 Å². The maximum Gasteiger partial charge on any atom is 0.313 e. The lowest BCUT2D eigenvalue weighted by molar-refractivity contribution is -0.144. The van der Waals surface area contributed by atoms with Gasteiger partial charge in [-0.25, -0.2) is 0 Å². The number of unbranched alkanes of at least 4 members (excludes halogenated alkanes) is 2. The molecule has 0 bridgehead atoms. The number of carboxylic acid groups (broad SMARTS) is 2. The average molecular weight is 202 g/mol. The summed E-state index contributed by atoms with van der Waals surface area (Å²) in [7, 11) is 0. The third kappa shape index (κ3) is 6.16. The Kier molecular flexibility index (Phi) is 6.36. The van der Waals surface area contributed by atoms with Crippen molar-refractivity contribution in [3.63, 3.8) is 0 Å². The summed E-state index contributed by atoms with van der Waals surface area (Å²) in [6.07, 6.45) is 2.55. The summed E-state index contributed by atoms with van der Waals surface area (Å²) in [5.41, 5.74) is 0. The van der Waals surface area contributed by atoms with E-state index in [2.05, 4.69) is 0 Å². The highest BCUT2D eigenvalue weighted by atomic mass is 16.4. The van der Waals surface area contributed by atoms with Crippen molar-refractivity contribution in [1.29, 1.82) is 0 Å². The van der Waals surface area contributed by atoms with Gasteiger partial charge in [-0.05, 0) is 12.8 Å². The van der Waals surface area contributed by atoms with Crippen molar-refractivity contribution in [2.24, 2.45) is 5.92 Å². The molecule has 1 unspecified atom stereocenters. The first-order valence-electron chi connectivity index (χ1n) is 4.47. The Bertz CT molecular complexity index is 211. The molecule has 0 radical (unpaired) electrons. The highest BCUT2D eigenvalue weighted by Gasteiger charge is 2.14. The third-order valence-electron chi connectivity index (χ3n) is 1.89. The molecule has 5 heteroatoms. The quantitative estimate of drug-likeness (QED) is 0.347. The van der Waals surface area contributed by atoms with Crippen molar-refractivity contribution in [2.45, 2.75) is 32.1 Å². The van der Waals surface area contributed by atoms with Crippen LogP contribution in [0.5, 0.6) is 0 Å². The van der Waals surface area contributed by atoms with Gasteiger partial charge in [0.05, 0.1) is 0 Å². The molecule has 0 saturated heterocycles. The summed E-state index contributed by atoms with van der Waals surface area (Å²) in [6, 6.07) is 0. The van der Waals surface area contributed by atoms with Gasteiger partial charge in [0.25, 0.3) is 0 Å². The van der Waals surface area contributed by atoms with Gasteiger partial charge in [0.2, 0.25) is 0 Å². The molecular weight excluding hydrogens is 188 g/mol. The molecular formula is C9H14O5. The van der Waals surface area contributed by atoms with E-state index in [1.165, 1.54) is 0 Å². The van der Waals surface area contributed by atoms with Gasteiger partial charge in [-0.1, -0.05) is 12.8 Å². The summed E-state index contributed by atoms with van der Waals surface area (Å²) >= 11 is 0. The Balaban J connectivity index is 3.47. The second-order valence-electron chi connectivity index (χ2n) is 3.07. The van der Waals surface area contributed by atoms with E-state index in [0.29, 0.717) is 32.0 Å². The lowest BCUT2D eigenvalue weighted by Gasteiger charge is -2.03. The molecule has 0 aliphatic heterocycles. The van der Waals surface area contributed by atoms with Crippen molar-refractivity contribution < 1.29 is 24.6 Å². The van der Waals surface area contributed by atoms with Crippen LogP contribution >= 0.6 is 0 Å². The van der Waals surface area contributed by atoms with Crippen molar-refractivity contribution >= 4 is 18.2 Å². The lowest BCUT2D eigenvalue weighted by Crippen LogP contribution is -2.14. The maximum atomic E-state index is 10.4. The Hall–Kier alpha value is -1.39. The van der Waals surface area contributed by atoms with Crippen LogP contribution in [0.15, 0.2) is 0 Å². The number of aldehydes is 1. The Morgan fingerprint density at radius 3 is 2.21 bits per heavy atom. The normalized spacial score (nSPS) is 12.0. The number of carbonyl (C=O) groups excluding carboxylic acids is 1. The largest absolute Gasteiger partial charge is 0.481 e. The minimum atomic E-state index is -1.11. The Labute approximate surface area is 81.7 Å².